The zero-order valence-electron chi connectivity index (χ0n) is 9.42. The van der Waals surface area contributed by atoms with Gasteiger partial charge in [-0.2, -0.15) is 13.2 Å². The summed E-state index contributed by atoms with van der Waals surface area (Å²) in [6.07, 6.45) is -5.53. The molecule has 0 saturated carbocycles. The molecule has 19 heavy (non-hydrogen) atoms. The number of carbonyl (C=O) groups is 2. The Kier molecular flexibility index (Phi) is 4.77. The number of carboxylic acids is 1. The van der Waals surface area contributed by atoms with Crippen LogP contribution in [-0.4, -0.2) is 17.0 Å². The predicted molar refractivity (Wildman–Crippen MR) is 62.0 cm³/mol. The van der Waals surface area contributed by atoms with Crippen molar-refractivity contribution >= 4 is 29.2 Å². The molecule has 0 radical (unpaired) electrons. The number of rotatable bonds is 4. The molecule has 0 atom stereocenters. The minimum Gasteiger partial charge on any atom is -0.481 e. The van der Waals surface area contributed by atoms with E-state index in [0.717, 1.165) is 6.07 Å². The number of nitrogens with one attached hydrogen (secondary N) is 1. The second-order valence-electron chi connectivity index (χ2n) is 3.63. The Hall–Kier alpha value is -1.76. The van der Waals surface area contributed by atoms with E-state index in [1.54, 1.807) is 0 Å². The fraction of sp³-hybridized carbons (Fsp3) is 0.273. The van der Waals surface area contributed by atoms with E-state index in [-0.39, 0.29) is 5.02 Å². The van der Waals surface area contributed by atoms with Crippen molar-refractivity contribution in [3.8, 4) is 0 Å². The molecule has 0 saturated heterocycles. The fourth-order valence-corrected chi connectivity index (χ4v) is 1.47. The van der Waals surface area contributed by atoms with Gasteiger partial charge in [-0.1, -0.05) is 11.6 Å². The average Bonchev–Trinajstić information content (AvgIpc) is 2.27. The van der Waals surface area contributed by atoms with Gasteiger partial charge in [0, 0.05) is 11.4 Å². The van der Waals surface area contributed by atoms with E-state index in [1.807, 2.05) is 5.32 Å². The van der Waals surface area contributed by atoms with Crippen molar-refractivity contribution in [3.05, 3.63) is 28.8 Å². The molecule has 104 valence electrons. The van der Waals surface area contributed by atoms with E-state index < -0.39 is 42.1 Å². The molecule has 8 heteroatoms. The first-order valence-electron chi connectivity index (χ1n) is 5.08. The Morgan fingerprint density at radius 3 is 2.42 bits per heavy atom. The van der Waals surface area contributed by atoms with Gasteiger partial charge >= 0.3 is 12.1 Å². The SMILES string of the molecule is O=C(O)CCC(=O)Nc1ccc(Cl)cc1C(F)(F)F. The third-order valence-electron chi connectivity index (χ3n) is 2.13. The molecule has 4 nitrogen and oxygen atoms in total. The van der Waals surface area contributed by atoms with Crippen LogP contribution in [0.2, 0.25) is 5.02 Å². The zero-order chi connectivity index (χ0) is 14.6. The van der Waals surface area contributed by atoms with E-state index in [0.29, 0.717) is 6.07 Å². The number of hydrogen-bond donors (Lipinski definition) is 2. The average molecular weight is 296 g/mol. The summed E-state index contributed by atoms with van der Waals surface area (Å²) >= 11 is 5.47. The lowest BCUT2D eigenvalue weighted by atomic mass is 10.1. The molecule has 0 aromatic heterocycles. The van der Waals surface area contributed by atoms with Crippen molar-refractivity contribution in [2.75, 3.05) is 5.32 Å². The van der Waals surface area contributed by atoms with Crippen molar-refractivity contribution in [2.24, 2.45) is 0 Å². The highest BCUT2D eigenvalue weighted by Gasteiger charge is 2.34. The van der Waals surface area contributed by atoms with Crippen LogP contribution in [0.3, 0.4) is 0 Å². The number of alkyl halides is 3. The Morgan fingerprint density at radius 2 is 1.89 bits per heavy atom. The predicted octanol–water partition coefficient (Wildman–Crippen LogP) is 3.16. The largest absolute Gasteiger partial charge is 0.481 e. The summed E-state index contributed by atoms with van der Waals surface area (Å²) in [5.41, 5.74) is -1.53. The number of halogens is 4. The second-order valence-corrected chi connectivity index (χ2v) is 4.07. The van der Waals surface area contributed by atoms with Gasteiger partial charge < -0.3 is 10.4 Å². The number of anilines is 1. The summed E-state index contributed by atoms with van der Waals surface area (Å²) in [6.45, 7) is 0. The fourth-order valence-electron chi connectivity index (χ4n) is 1.29. The van der Waals surface area contributed by atoms with Crippen LogP contribution in [0, 0.1) is 0 Å². The van der Waals surface area contributed by atoms with Crippen molar-refractivity contribution in [2.45, 2.75) is 19.0 Å². The highest BCUT2D eigenvalue weighted by molar-refractivity contribution is 6.30. The molecule has 1 aromatic rings. The van der Waals surface area contributed by atoms with E-state index >= 15 is 0 Å². The van der Waals surface area contributed by atoms with Crippen molar-refractivity contribution < 1.29 is 27.9 Å². The van der Waals surface area contributed by atoms with Gasteiger partial charge in [-0.25, -0.2) is 0 Å². The van der Waals surface area contributed by atoms with Gasteiger partial charge in [0.25, 0.3) is 0 Å². The lowest BCUT2D eigenvalue weighted by Crippen LogP contribution is -2.17. The molecule has 1 amide bonds. The van der Waals surface area contributed by atoms with Gasteiger partial charge in [-0.05, 0) is 18.2 Å². The van der Waals surface area contributed by atoms with Crippen LogP contribution in [0.5, 0.6) is 0 Å². The minimum absolute atomic E-state index is 0.115. The van der Waals surface area contributed by atoms with Crippen molar-refractivity contribution in [3.63, 3.8) is 0 Å². The Bertz CT molecular complexity index is 502. The van der Waals surface area contributed by atoms with Crippen LogP contribution in [0.15, 0.2) is 18.2 Å². The van der Waals surface area contributed by atoms with Crippen molar-refractivity contribution in [1.29, 1.82) is 0 Å². The standard InChI is InChI=1S/C11H9ClF3NO3/c12-6-1-2-8(7(5-6)11(13,14)15)16-9(17)3-4-10(18)19/h1-2,5H,3-4H2,(H,16,17)(H,18,19). The molecule has 0 spiro atoms. The van der Waals surface area contributed by atoms with Gasteiger partial charge in [-0.3, -0.25) is 9.59 Å². The van der Waals surface area contributed by atoms with Gasteiger partial charge in [0.2, 0.25) is 5.91 Å². The van der Waals surface area contributed by atoms with E-state index in [2.05, 4.69) is 0 Å². The number of aliphatic carboxylic acids is 1. The second kappa shape index (κ2) is 5.92. The van der Waals surface area contributed by atoms with Gasteiger partial charge in [0.15, 0.2) is 0 Å². The summed E-state index contributed by atoms with van der Waals surface area (Å²) in [6, 6.07) is 2.90. The molecule has 0 fully saturated rings. The lowest BCUT2D eigenvalue weighted by Gasteiger charge is -2.13. The maximum Gasteiger partial charge on any atom is 0.418 e. The summed E-state index contributed by atoms with van der Waals surface area (Å²) in [5.74, 6) is -2.02. The molecule has 0 bridgehead atoms. The smallest absolute Gasteiger partial charge is 0.418 e. The quantitative estimate of drug-likeness (QED) is 0.896. The van der Waals surface area contributed by atoms with Crippen LogP contribution in [0.25, 0.3) is 0 Å². The number of amides is 1. The Morgan fingerprint density at radius 1 is 1.26 bits per heavy atom. The Balaban J connectivity index is 2.89. The van der Waals surface area contributed by atoms with Crippen molar-refractivity contribution in [1.82, 2.24) is 0 Å². The highest BCUT2D eigenvalue weighted by atomic mass is 35.5. The molecule has 0 aliphatic rings. The van der Waals surface area contributed by atoms with E-state index in [9.17, 15) is 22.8 Å². The highest BCUT2D eigenvalue weighted by Crippen LogP contribution is 2.36. The molecule has 1 aromatic carbocycles. The number of benzene rings is 1. The third-order valence-corrected chi connectivity index (χ3v) is 2.36. The van der Waals surface area contributed by atoms with Crippen LogP contribution in [0.1, 0.15) is 18.4 Å². The first-order valence-corrected chi connectivity index (χ1v) is 5.46. The van der Waals surface area contributed by atoms with Gasteiger partial charge in [0.05, 0.1) is 17.7 Å². The summed E-state index contributed by atoms with van der Waals surface area (Å²) in [5, 5.41) is 10.3. The van der Waals surface area contributed by atoms with Gasteiger partial charge in [-0.15, -0.1) is 0 Å². The maximum atomic E-state index is 12.7. The van der Waals surface area contributed by atoms with Crippen LogP contribution >= 0.6 is 11.6 Å². The minimum atomic E-state index is -4.67. The molecule has 0 heterocycles. The molecule has 0 unspecified atom stereocenters. The normalized spacial score (nSPS) is 11.2. The maximum absolute atomic E-state index is 12.7. The monoisotopic (exact) mass is 295 g/mol. The first kappa shape index (κ1) is 15.3. The summed E-state index contributed by atoms with van der Waals surface area (Å²) in [7, 11) is 0. The number of carbonyl (C=O) groups excluding carboxylic acids is 1. The zero-order valence-corrected chi connectivity index (χ0v) is 10.2. The topological polar surface area (TPSA) is 66.4 Å². The summed E-state index contributed by atoms with van der Waals surface area (Å²) in [4.78, 5) is 21.6. The molecule has 0 aliphatic heterocycles. The molecular weight excluding hydrogens is 287 g/mol. The molecule has 1 rings (SSSR count). The van der Waals surface area contributed by atoms with Gasteiger partial charge in [0.1, 0.15) is 0 Å². The lowest BCUT2D eigenvalue weighted by molar-refractivity contribution is -0.139. The summed E-state index contributed by atoms with van der Waals surface area (Å²) < 4.78 is 38.1. The Labute approximate surface area is 111 Å². The third kappa shape index (κ3) is 4.78. The van der Waals surface area contributed by atoms with E-state index in [1.165, 1.54) is 6.07 Å². The molecule has 2 N–H and O–H groups in total. The van der Waals surface area contributed by atoms with E-state index in [4.69, 9.17) is 16.7 Å². The number of carboxylic acid groups (broad SMARTS) is 1. The molecular formula is C11H9ClF3NO3. The first-order chi connectivity index (χ1) is 8.70. The van der Waals surface area contributed by atoms with Crippen LogP contribution in [0.4, 0.5) is 18.9 Å². The number of hydrogen-bond acceptors (Lipinski definition) is 2. The van der Waals surface area contributed by atoms with Crippen LogP contribution in [-0.2, 0) is 15.8 Å². The molecule has 0 aliphatic carbocycles. The van der Waals surface area contributed by atoms with Crippen LogP contribution < -0.4 is 5.32 Å².